The van der Waals surface area contributed by atoms with Gasteiger partial charge in [-0.25, -0.2) is 0 Å². The topological polar surface area (TPSA) is 37.1 Å². The summed E-state index contributed by atoms with van der Waals surface area (Å²) < 4.78 is 0. The summed E-state index contributed by atoms with van der Waals surface area (Å²) in [6.07, 6.45) is 9.11. The molecule has 0 spiro atoms. The third kappa shape index (κ3) is 2.99. The Balaban J connectivity index is 2.59. The van der Waals surface area contributed by atoms with Gasteiger partial charge in [-0.1, -0.05) is 19.2 Å². The van der Waals surface area contributed by atoms with Crippen LogP contribution in [0, 0.1) is 0 Å². The lowest BCUT2D eigenvalue weighted by molar-refractivity contribution is 1.49. The van der Waals surface area contributed by atoms with Crippen LogP contribution < -0.4 is 0 Å². The van der Waals surface area contributed by atoms with Crippen LogP contribution in [0.3, 0.4) is 0 Å². The molecular formula is C10H11N3. The zero-order chi connectivity index (χ0) is 9.52. The van der Waals surface area contributed by atoms with Crippen molar-refractivity contribution < 1.29 is 0 Å². The van der Waals surface area contributed by atoms with Crippen LogP contribution in [0.4, 0.5) is 0 Å². The zero-order valence-electron chi connectivity index (χ0n) is 7.35. The van der Waals surface area contributed by atoms with Gasteiger partial charge in [0.1, 0.15) is 0 Å². The van der Waals surface area contributed by atoms with E-state index in [1.54, 1.807) is 12.4 Å². The van der Waals surface area contributed by atoms with Crippen molar-refractivity contribution in [2.24, 2.45) is 15.0 Å². The third-order valence-electron chi connectivity index (χ3n) is 1.43. The number of rotatable bonds is 4. The minimum absolute atomic E-state index is 0.801. The van der Waals surface area contributed by atoms with E-state index in [1.165, 1.54) is 12.4 Å². The molecule has 1 heterocycles. The van der Waals surface area contributed by atoms with Gasteiger partial charge in [-0.05, 0) is 0 Å². The van der Waals surface area contributed by atoms with Crippen LogP contribution >= 0.6 is 0 Å². The molecular weight excluding hydrogens is 162 g/mol. The average Bonchev–Trinajstić information content (AvgIpc) is 2.59. The average molecular weight is 173 g/mol. The molecule has 3 nitrogen and oxygen atoms in total. The number of hydrogen-bond donors (Lipinski definition) is 0. The summed E-state index contributed by atoms with van der Waals surface area (Å²) in [5.74, 6) is 0. The quantitative estimate of drug-likeness (QED) is 0.584. The van der Waals surface area contributed by atoms with Gasteiger partial charge in [0.2, 0.25) is 0 Å². The van der Waals surface area contributed by atoms with Crippen molar-refractivity contribution >= 4 is 18.1 Å². The molecule has 13 heavy (non-hydrogen) atoms. The van der Waals surface area contributed by atoms with Crippen molar-refractivity contribution in [3.8, 4) is 0 Å². The van der Waals surface area contributed by atoms with Gasteiger partial charge in [-0.15, -0.1) is 0 Å². The van der Waals surface area contributed by atoms with Crippen LogP contribution in [0.1, 0.15) is 6.42 Å². The Morgan fingerprint density at radius 3 is 2.62 bits per heavy atom. The minimum Gasteiger partial charge on any atom is -0.263 e. The van der Waals surface area contributed by atoms with Gasteiger partial charge in [0.05, 0.1) is 17.6 Å². The van der Waals surface area contributed by atoms with Crippen molar-refractivity contribution in [2.75, 3.05) is 0 Å². The molecule has 66 valence electrons. The molecule has 0 aromatic rings. The molecule has 0 aromatic carbocycles. The smallest absolute Gasteiger partial charge is 0.0780 e. The monoisotopic (exact) mass is 173 g/mol. The Bertz CT molecular complexity index is 319. The molecule has 1 aliphatic rings. The number of allylic oxidation sites excluding steroid dienone is 2. The third-order valence-corrected chi connectivity index (χ3v) is 1.43. The molecule has 0 fully saturated rings. The largest absolute Gasteiger partial charge is 0.263 e. The summed E-state index contributed by atoms with van der Waals surface area (Å²) >= 11 is 0. The standard InChI is InChI=1S/C10H11N3/c1-3-11-7-9-5-6-10(13-9)8-12-4-2/h3-5,7-8H,1-2,6H2. The molecule has 0 saturated carbocycles. The Labute approximate surface area is 77.6 Å². The van der Waals surface area contributed by atoms with Crippen molar-refractivity contribution in [2.45, 2.75) is 6.42 Å². The van der Waals surface area contributed by atoms with E-state index in [-0.39, 0.29) is 0 Å². The molecule has 0 aromatic heterocycles. The zero-order valence-corrected chi connectivity index (χ0v) is 7.35. The van der Waals surface area contributed by atoms with Gasteiger partial charge < -0.3 is 0 Å². The van der Waals surface area contributed by atoms with Crippen molar-refractivity contribution in [3.63, 3.8) is 0 Å². The SMILES string of the molecule is C=CN=CC1=CCC(C=NC=C)=N1. The van der Waals surface area contributed by atoms with E-state index in [2.05, 4.69) is 28.1 Å². The second-order valence-corrected chi connectivity index (χ2v) is 2.36. The fourth-order valence-corrected chi connectivity index (χ4v) is 0.897. The molecule has 0 amide bonds. The molecule has 3 heteroatoms. The van der Waals surface area contributed by atoms with Gasteiger partial charge >= 0.3 is 0 Å². The van der Waals surface area contributed by atoms with Gasteiger partial charge in [-0.2, -0.15) is 0 Å². The highest BCUT2D eigenvalue weighted by Gasteiger charge is 2.03. The van der Waals surface area contributed by atoms with Crippen molar-refractivity contribution in [1.29, 1.82) is 0 Å². The normalized spacial score (nSPS) is 16.3. The van der Waals surface area contributed by atoms with Crippen LogP contribution in [-0.4, -0.2) is 18.1 Å². The Hall–Kier alpha value is -1.77. The van der Waals surface area contributed by atoms with Crippen molar-refractivity contribution in [3.05, 3.63) is 37.3 Å². The van der Waals surface area contributed by atoms with E-state index in [4.69, 9.17) is 0 Å². The van der Waals surface area contributed by atoms with E-state index in [0.29, 0.717) is 0 Å². The fourth-order valence-electron chi connectivity index (χ4n) is 0.897. The number of aliphatic imine (C=N–C) groups is 3. The highest BCUT2D eigenvalue weighted by atomic mass is 14.8. The Morgan fingerprint density at radius 2 is 1.92 bits per heavy atom. The second-order valence-electron chi connectivity index (χ2n) is 2.36. The summed E-state index contributed by atoms with van der Waals surface area (Å²) in [7, 11) is 0. The van der Waals surface area contributed by atoms with Crippen LogP contribution in [0.25, 0.3) is 0 Å². The molecule has 0 radical (unpaired) electrons. The van der Waals surface area contributed by atoms with E-state index >= 15 is 0 Å². The van der Waals surface area contributed by atoms with E-state index in [1.807, 2.05) is 6.08 Å². The molecule has 1 rings (SSSR count). The molecule has 0 N–H and O–H groups in total. The summed E-state index contributed by atoms with van der Waals surface area (Å²) in [5.41, 5.74) is 1.77. The lowest BCUT2D eigenvalue weighted by Gasteiger charge is -1.85. The van der Waals surface area contributed by atoms with Crippen molar-refractivity contribution in [1.82, 2.24) is 0 Å². The molecule has 0 saturated heterocycles. The second kappa shape index (κ2) is 4.98. The number of nitrogens with zero attached hydrogens (tertiary/aromatic N) is 3. The van der Waals surface area contributed by atoms with Gasteiger partial charge in [-0.3, -0.25) is 15.0 Å². The maximum atomic E-state index is 4.25. The first-order valence-corrected chi connectivity index (χ1v) is 3.92. The summed E-state index contributed by atoms with van der Waals surface area (Å²) in [6, 6.07) is 0. The summed E-state index contributed by atoms with van der Waals surface area (Å²) in [5, 5.41) is 0. The first kappa shape index (κ1) is 9.32. The van der Waals surface area contributed by atoms with E-state index in [0.717, 1.165) is 17.8 Å². The summed E-state index contributed by atoms with van der Waals surface area (Å²) in [6.45, 7) is 6.96. The van der Waals surface area contributed by atoms with Crippen LogP contribution in [0.5, 0.6) is 0 Å². The van der Waals surface area contributed by atoms with E-state index in [9.17, 15) is 0 Å². The molecule has 1 aliphatic heterocycles. The highest BCUT2D eigenvalue weighted by Crippen LogP contribution is 2.07. The molecule has 0 aliphatic carbocycles. The molecule has 0 bridgehead atoms. The maximum absolute atomic E-state index is 4.25. The maximum Gasteiger partial charge on any atom is 0.0780 e. The first-order valence-electron chi connectivity index (χ1n) is 3.92. The van der Waals surface area contributed by atoms with Gasteiger partial charge in [0.15, 0.2) is 0 Å². The van der Waals surface area contributed by atoms with Crippen LogP contribution in [-0.2, 0) is 0 Å². The lowest BCUT2D eigenvalue weighted by atomic mass is 10.3. The first-order chi connectivity index (χ1) is 6.36. The predicted octanol–water partition coefficient (Wildman–Crippen LogP) is 2.14. The van der Waals surface area contributed by atoms with E-state index < -0.39 is 0 Å². The fraction of sp³-hybridized carbons (Fsp3) is 0.100. The molecule has 0 atom stereocenters. The lowest BCUT2D eigenvalue weighted by Crippen LogP contribution is -1.92. The summed E-state index contributed by atoms with van der Waals surface area (Å²) in [4.78, 5) is 12.0. The highest BCUT2D eigenvalue weighted by molar-refractivity contribution is 6.32. The Morgan fingerprint density at radius 1 is 1.23 bits per heavy atom. The van der Waals surface area contributed by atoms with Gasteiger partial charge in [0, 0.05) is 25.0 Å². The van der Waals surface area contributed by atoms with Crippen LogP contribution in [0.15, 0.2) is 52.3 Å². The number of hydrogen-bond acceptors (Lipinski definition) is 3. The predicted molar refractivity (Wildman–Crippen MR) is 57.5 cm³/mol. The van der Waals surface area contributed by atoms with Gasteiger partial charge in [0.25, 0.3) is 0 Å². The minimum atomic E-state index is 0.801. The Kier molecular flexibility index (Phi) is 3.57. The molecule has 0 unspecified atom stereocenters. The van der Waals surface area contributed by atoms with Crippen LogP contribution in [0.2, 0.25) is 0 Å².